The van der Waals surface area contributed by atoms with Gasteiger partial charge in [-0.3, -0.25) is 9.35 Å². The Morgan fingerprint density at radius 2 is 1.64 bits per heavy atom. The Bertz CT molecular complexity index is 983. The molecule has 0 aliphatic rings. The van der Waals surface area contributed by atoms with Crippen molar-refractivity contribution in [3.05, 3.63) is 78.1 Å². The second-order valence-electron chi connectivity index (χ2n) is 5.29. The van der Waals surface area contributed by atoms with Gasteiger partial charge in [0.25, 0.3) is 11.1 Å². The van der Waals surface area contributed by atoms with Crippen LogP contribution in [-0.4, -0.2) is 28.4 Å². The Morgan fingerprint density at radius 3 is 2.24 bits per heavy atom. The highest BCUT2D eigenvalue weighted by Crippen LogP contribution is 2.16. The zero-order valence-electron chi connectivity index (χ0n) is 13.0. The number of hydrogen-bond acceptors (Lipinski definition) is 4. The van der Waals surface area contributed by atoms with E-state index in [1.165, 1.54) is 4.57 Å². The molecule has 1 aromatic heterocycles. The third-order valence-electron chi connectivity index (χ3n) is 3.50. The lowest BCUT2D eigenvalue weighted by molar-refractivity contribution is 0.101. The predicted molar refractivity (Wildman–Crippen MR) is 92.0 cm³/mol. The zero-order valence-corrected chi connectivity index (χ0v) is 13.8. The van der Waals surface area contributed by atoms with Crippen molar-refractivity contribution in [2.24, 2.45) is 0 Å². The van der Waals surface area contributed by atoms with Crippen LogP contribution in [-0.2, 0) is 16.7 Å². The monoisotopic (exact) mass is 357 g/mol. The molecule has 0 spiro atoms. The first kappa shape index (κ1) is 16.9. The van der Waals surface area contributed by atoms with E-state index in [0.29, 0.717) is 5.69 Å². The van der Waals surface area contributed by atoms with Gasteiger partial charge in [0.15, 0.2) is 0 Å². The second kappa shape index (κ2) is 6.88. The quantitative estimate of drug-likeness (QED) is 0.683. The molecular weight excluding hydrogens is 342 g/mol. The number of nitrogens with one attached hydrogen (secondary N) is 1. The molecule has 0 aliphatic carbocycles. The minimum absolute atomic E-state index is 0.0281. The van der Waals surface area contributed by atoms with E-state index in [0.717, 1.165) is 11.8 Å². The molecule has 0 unspecified atom stereocenters. The van der Waals surface area contributed by atoms with E-state index in [1.807, 2.05) is 12.1 Å². The molecule has 25 heavy (non-hydrogen) atoms. The van der Waals surface area contributed by atoms with Crippen LogP contribution in [0.5, 0.6) is 0 Å². The maximum atomic E-state index is 12.5. The van der Waals surface area contributed by atoms with Gasteiger partial charge in [0.05, 0.1) is 12.7 Å². The van der Waals surface area contributed by atoms with Crippen molar-refractivity contribution in [1.29, 1.82) is 0 Å². The number of benzene rings is 2. The number of amides is 1. The van der Waals surface area contributed by atoms with E-state index in [-0.39, 0.29) is 12.2 Å². The van der Waals surface area contributed by atoms with E-state index >= 15 is 0 Å². The molecule has 3 aromatic rings. The van der Waals surface area contributed by atoms with E-state index < -0.39 is 21.2 Å². The molecule has 8 heteroatoms. The normalized spacial score (nSPS) is 11.2. The fourth-order valence-corrected chi connectivity index (χ4v) is 3.01. The molecule has 0 aliphatic heterocycles. The Kier molecular flexibility index (Phi) is 4.64. The number of aromatic nitrogens is 2. The highest BCUT2D eigenvalue weighted by atomic mass is 32.2. The minimum Gasteiger partial charge on any atom is -0.321 e. The van der Waals surface area contributed by atoms with Crippen LogP contribution in [0.25, 0.3) is 0 Å². The van der Waals surface area contributed by atoms with Crippen LogP contribution in [0.1, 0.15) is 16.1 Å². The molecule has 0 saturated carbocycles. The van der Waals surface area contributed by atoms with E-state index in [2.05, 4.69) is 10.3 Å². The zero-order chi connectivity index (χ0) is 17.9. The molecule has 3 rings (SSSR count). The van der Waals surface area contributed by atoms with Crippen LogP contribution < -0.4 is 5.32 Å². The largest absolute Gasteiger partial charge is 0.328 e. The van der Waals surface area contributed by atoms with Gasteiger partial charge in [0.1, 0.15) is 5.69 Å². The summed E-state index contributed by atoms with van der Waals surface area (Å²) in [7, 11) is -4.57. The number of anilines is 1. The van der Waals surface area contributed by atoms with Crippen molar-refractivity contribution in [1.82, 2.24) is 9.55 Å². The molecule has 2 N–H and O–H groups in total. The highest BCUT2D eigenvalue weighted by Gasteiger charge is 2.24. The average molecular weight is 357 g/mol. The van der Waals surface area contributed by atoms with E-state index in [4.69, 9.17) is 0 Å². The maximum Gasteiger partial charge on any atom is 0.328 e. The summed E-state index contributed by atoms with van der Waals surface area (Å²) >= 11 is 0. The predicted octanol–water partition coefficient (Wildman–Crippen LogP) is 2.43. The number of nitrogens with zero attached hydrogens (tertiary/aromatic N) is 2. The van der Waals surface area contributed by atoms with Crippen LogP contribution in [0.4, 0.5) is 5.69 Å². The van der Waals surface area contributed by atoms with Crippen molar-refractivity contribution in [3.63, 3.8) is 0 Å². The SMILES string of the molecule is O=C(Nc1ccccc1)c1cnc(S(=O)(=O)O)n1Cc1ccccc1. The number of carbonyl (C=O) groups is 1. The lowest BCUT2D eigenvalue weighted by Gasteiger charge is -2.11. The first-order valence-electron chi connectivity index (χ1n) is 7.38. The summed E-state index contributed by atoms with van der Waals surface area (Å²) in [6.45, 7) is 0.0769. The van der Waals surface area contributed by atoms with Gasteiger partial charge in [-0.25, -0.2) is 4.98 Å². The number of hydrogen-bond donors (Lipinski definition) is 2. The smallest absolute Gasteiger partial charge is 0.321 e. The van der Waals surface area contributed by atoms with E-state index in [9.17, 15) is 17.8 Å². The van der Waals surface area contributed by atoms with Crippen LogP contribution in [0, 0.1) is 0 Å². The molecule has 0 saturated heterocycles. The fraction of sp³-hybridized carbons (Fsp3) is 0.0588. The van der Waals surface area contributed by atoms with Gasteiger partial charge < -0.3 is 9.88 Å². The summed E-state index contributed by atoms with van der Waals surface area (Å²) < 4.78 is 33.7. The summed E-state index contributed by atoms with van der Waals surface area (Å²) in [5.74, 6) is -0.524. The molecule has 2 aromatic carbocycles. The number of carbonyl (C=O) groups excluding carboxylic acids is 1. The molecule has 128 valence electrons. The number of rotatable bonds is 5. The van der Waals surface area contributed by atoms with Gasteiger partial charge in [0, 0.05) is 5.69 Å². The molecule has 7 nitrogen and oxygen atoms in total. The third-order valence-corrected chi connectivity index (χ3v) is 4.28. The molecule has 0 fully saturated rings. The summed E-state index contributed by atoms with van der Waals surface area (Å²) in [5, 5.41) is 2.10. The topological polar surface area (TPSA) is 101 Å². The summed E-state index contributed by atoms with van der Waals surface area (Å²) in [6.07, 6.45) is 1.13. The number of para-hydroxylation sites is 1. The van der Waals surface area contributed by atoms with Crippen molar-refractivity contribution >= 4 is 21.7 Å². The Morgan fingerprint density at radius 1 is 1.04 bits per heavy atom. The van der Waals surface area contributed by atoms with Gasteiger partial charge in [-0.05, 0) is 17.7 Å². The fourth-order valence-electron chi connectivity index (χ4n) is 2.38. The standard InChI is InChI=1S/C17H15N3O4S/c21-16(19-14-9-5-2-6-10-14)15-11-18-17(25(22,23)24)20(15)12-13-7-3-1-4-8-13/h1-11H,12H2,(H,19,21)(H,22,23,24). The van der Waals surface area contributed by atoms with Gasteiger partial charge in [-0.15, -0.1) is 0 Å². The summed E-state index contributed by atoms with van der Waals surface area (Å²) in [6, 6.07) is 17.7. The molecular formula is C17H15N3O4S. The lowest BCUT2D eigenvalue weighted by Crippen LogP contribution is -2.20. The van der Waals surface area contributed by atoms with Crippen LogP contribution in [0.2, 0.25) is 0 Å². The molecule has 1 heterocycles. The summed E-state index contributed by atoms with van der Waals surface area (Å²) in [5.41, 5.74) is 1.35. The van der Waals surface area contributed by atoms with Gasteiger partial charge in [0.2, 0.25) is 0 Å². The highest BCUT2D eigenvalue weighted by molar-refractivity contribution is 7.85. The third kappa shape index (κ3) is 3.93. The minimum atomic E-state index is -4.57. The molecule has 0 atom stereocenters. The van der Waals surface area contributed by atoms with E-state index in [1.54, 1.807) is 48.5 Å². The Hall–Kier alpha value is -2.97. The van der Waals surface area contributed by atoms with Gasteiger partial charge >= 0.3 is 10.1 Å². The Balaban J connectivity index is 1.99. The van der Waals surface area contributed by atoms with Crippen LogP contribution in [0.3, 0.4) is 0 Å². The first-order valence-corrected chi connectivity index (χ1v) is 8.82. The average Bonchev–Trinajstić information content (AvgIpc) is 3.00. The van der Waals surface area contributed by atoms with Crippen molar-refractivity contribution in [2.45, 2.75) is 11.7 Å². The van der Waals surface area contributed by atoms with Crippen molar-refractivity contribution in [3.8, 4) is 0 Å². The van der Waals surface area contributed by atoms with Gasteiger partial charge in [-0.2, -0.15) is 8.42 Å². The first-order chi connectivity index (χ1) is 11.9. The molecule has 0 radical (unpaired) electrons. The maximum absolute atomic E-state index is 12.5. The van der Waals surface area contributed by atoms with Crippen LogP contribution in [0.15, 0.2) is 72.0 Å². The van der Waals surface area contributed by atoms with Crippen molar-refractivity contribution < 1.29 is 17.8 Å². The number of imidazole rings is 1. The van der Waals surface area contributed by atoms with Crippen LogP contribution >= 0.6 is 0 Å². The summed E-state index contributed by atoms with van der Waals surface area (Å²) in [4.78, 5) is 16.2. The lowest BCUT2D eigenvalue weighted by atomic mass is 10.2. The Labute approximate surface area is 144 Å². The second-order valence-corrected chi connectivity index (χ2v) is 6.61. The van der Waals surface area contributed by atoms with Crippen molar-refractivity contribution in [2.75, 3.05) is 5.32 Å². The van der Waals surface area contributed by atoms with Gasteiger partial charge in [-0.1, -0.05) is 48.5 Å². The molecule has 0 bridgehead atoms. The molecule has 1 amide bonds.